The average Bonchev–Trinajstić information content (AvgIpc) is 3.60. The lowest BCUT2D eigenvalue weighted by molar-refractivity contribution is -0.141. The zero-order valence-corrected chi connectivity index (χ0v) is 21.9. The summed E-state index contributed by atoms with van der Waals surface area (Å²) < 4.78 is 3.73. The van der Waals surface area contributed by atoms with Gasteiger partial charge in [-0.2, -0.15) is 0 Å². The van der Waals surface area contributed by atoms with E-state index in [0.29, 0.717) is 23.3 Å². The maximum absolute atomic E-state index is 12.0. The SMILES string of the molecule is O=C1C=Cc2c3c1cccc3c1n2C(C(=O)O)CCS1.O=C1C=Cc2c3c1cccc3c1n2C(C(=O)O)CS1. The second-order valence-electron chi connectivity index (χ2n) is 9.63. The molecule has 8 nitrogen and oxygen atoms in total. The van der Waals surface area contributed by atoms with Crippen molar-refractivity contribution in [2.24, 2.45) is 0 Å². The summed E-state index contributed by atoms with van der Waals surface area (Å²) in [6, 6.07) is 10.2. The van der Waals surface area contributed by atoms with Crippen molar-refractivity contribution < 1.29 is 29.4 Å². The maximum Gasteiger partial charge on any atom is 0.327 e. The fourth-order valence-corrected chi connectivity index (χ4v) is 8.44. The molecule has 8 rings (SSSR count). The van der Waals surface area contributed by atoms with Gasteiger partial charge in [-0.1, -0.05) is 36.4 Å². The molecule has 10 heteroatoms. The Morgan fingerprint density at radius 2 is 1.23 bits per heavy atom. The third kappa shape index (κ3) is 3.41. The molecule has 0 amide bonds. The quantitative estimate of drug-likeness (QED) is 0.330. The lowest BCUT2D eigenvalue weighted by atomic mass is 9.98. The smallest absolute Gasteiger partial charge is 0.327 e. The van der Waals surface area contributed by atoms with E-state index in [0.717, 1.165) is 48.7 Å². The van der Waals surface area contributed by atoms with Crippen LogP contribution in [0.4, 0.5) is 0 Å². The summed E-state index contributed by atoms with van der Waals surface area (Å²) in [7, 11) is 0. The van der Waals surface area contributed by atoms with Gasteiger partial charge in [0, 0.05) is 44.2 Å². The molecule has 4 heterocycles. The number of ketones is 2. The number of carboxylic acid groups (broad SMARTS) is 2. The number of allylic oxidation sites excluding steroid dienone is 2. The summed E-state index contributed by atoms with van der Waals surface area (Å²) in [6.07, 6.45) is 7.15. The summed E-state index contributed by atoms with van der Waals surface area (Å²) in [4.78, 5) is 46.7. The van der Waals surface area contributed by atoms with Crippen molar-refractivity contribution >= 4 is 80.7 Å². The normalized spacial score (nSPS) is 20.1. The van der Waals surface area contributed by atoms with Crippen molar-refractivity contribution in [1.29, 1.82) is 0 Å². The van der Waals surface area contributed by atoms with Crippen LogP contribution in [0.3, 0.4) is 0 Å². The molecule has 39 heavy (non-hydrogen) atoms. The number of fused-ring (bicyclic) bond motifs is 6. The second kappa shape index (κ2) is 8.75. The first kappa shape index (κ1) is 24.1. The van der Waals surface area contributed by atoms with Crippen molar-refractivity contribution in [2.75, 3.05) is 11.5 Å². The average molecular weight is 557 g/mol. The minimum atomic E-state index is -0.824. The van der Waals surface area contributed by atoms with Crippen LogP contribution >= 0.6 is 23.5 Å². The van der Waals surface area contributed by atoms with E-state index in [1.54, 1.807) is 41.7 Å². The molecule has 0 saturated heterocycles. The third-order valence-corrected chi connectivity index (χ3v) is 9.88. The molecule has 0 saturated carbocycles. The van der Waals surface area contributed by atoms with Crippen LogP contribution in [0.2, 0.25) is 0 Å². The van der Waals surface area contributed by atoms with Gasteiger partial charge in [0.05, 0.1) is 21.4 Å². The molecule has 0 fully saturated rings. The molecule has 194 valence electrons. The van der Waals surface area contributed by atoms with Crippen LogP contribution in [0.5, 0.6) is 0 Å². The third-order valence-electron chi connectivity index (χ3n) is 7.58. The van der Waals surface area contributed by atoms with Crippen LogP contribution in [0, 0.1) is 0 Å². The summed E-state index contributed by atoms with van der Waals surface area (Å²) >= 11 is 3.21. The number of aliphatic carboxylic acids is 2. The maximum atomic E-state index is 12.0. The molecule has 2 aromatic carbocycles. The molecule has 2 aliphatic heterocycles. The monoisotopic (exact) mass is 556 g/mol. The number of thioether (sulfide) groups is 2. The first-order chi connectivity index (χ1) is 18.9. The highest BCUT2D eigenvalue weighted by molar-refractivity contribution is 7.99. The Balaban J connectivity index is 0.000000130. The number of carbonyl (C=O) groups excluding carboxylic acids is 2. The van der Waals surface area contributed by atoms with E-state index in [9.17, 15) is 29.4 Å². The van der Waals surface area contributed by atoms with Crippen molar-refractivity contribution in [1.82, 2.24) is 9.13 Å². The van der Waals surface area contributed by atoms with E-state index in [1.807, 2.05) is 39.5 Å². The fourth-order valence-electron chi connectivity index (χ4n) is 5.92. The summed E-state index contributed by atoms with van der Waals surface area (Å²) in [5.41, 5.74) is 3.04. The van der Waals surface area contributed by atoms with Crippen molar-refractivity contribution in [3.63, 3.8) is 0 Å². The van der Waals surface area contributed by atoms with Gasteiger partial charge in [0.1, 0.15) is 12.1 Å². The summed E-state index contributed by atoms with van der Waals surface area (Å²) in [5.74, 6) is -0.330. The number of hydrogen-bond acceptors (Lipinski definition) is 6. The van der Waals surface area contributed by atoms with Gasteiger partial charge >= 0.3 is 11.9 Å². The first-order valence-electron chi connectivity index (χ1n) is 12.4. The van der Waals surface area contributed by atoms with Gasteiger partial charge in [0.2, 0.25) is 0 Å². The van der Waals surface area contributed by atoms with E-state index < -0.39 is 24.0 Å². The van der Waals surface area contributed by atoms with Crippen molar-refractivity contribution in [2.45, 2.75) is 28.6 Å². The van der Waals surface area contributed by atoms with E-state index in [-0.39, 0.29) is 11.6 Å². The number of nitrogens with zero attached hydrogens (tertiary/aromatic N) is 2. The van der Waals surface area contributed by atoms with Gasteiger partial charge in [-0.15, -0.1) is 23.5 Å². The van der Waals surface area contributed by atoms with Gasteiger partial charge in [0.15, 0.2) is 11.6 Å². The Hall–Kier alpha value is -4.02. The number of carbonyl (C=O) groups is 4. The Morgan fingerprint density at radius 1 is 0.718 bits per heavy atom. The molecule has 4 aromatic rings. The minimum absolute atomic E-state index is 0.0112. The zero-order valence-electron chi connectivity index (χ0n) is 20.3. The number of aromatic nitrogens is 2. The zero-order chi connectivity index (χ0) is 27.0. The Kier molecular flexibility index (Phi) is 5.40. The molecule has 2 aromatic heterocycles. The molecular weight excluding hydrogens is 536 g/mol. The van der Waals surface area contributed by atoms with Crippen molar-refractivity contribution in [3.05, 3.63) is 71.1 Å². The van der Waals surface area contributed by atoms with Crippen LogP contribution in [0.1, 0.15) is 50.6 Å². The molecule has 0 radical (unpaired) electrons. The van der Waals surface area contributed by atoms with Gasteiger partial charge < -0.3 is 19.3 Å². The van der Waals surface area contributed by atoms with Gasteiger partial charge in [-0.3, -0.25) is 9.59 Å². The summed E-state index contributed by atoms with van der Waals surface area (Å²) in [6.45, 7) is 0. The predicted octanol–water partition coefficient (Wildman–Crippen LogP) is 5.55. The lowest BCUT2D eigenvalue weighted by Gasteiger charge is -2.24. The standard InChI is InChI=1S/C15H11NO3S.C14H9NO3S/c17-12-5-4-10-13-8(12)2-1-3-9(13)14-16(10)11(15(18)19)6-7-20-14;16-11-5-4-9-12-7(11)2-1-3-8(12)13-15(9)10(6-19-13)14(17)18/h1-5,11H,6-7H2,(H,18,19);1-5,10H,6H2,(H,17,18). The minimum Gasteiger partial charge on any atom is -0.480 e. The van der Waals surface area contributed by atoms with Crippen LogP contribution in [-0.4, -0.2) is 54.4 Å². The molecular formula is C29H20N2O6S2. The molecule has 4 aliphatic rings. The second-order valence-corrected chi connectivity index (χ2v) is 11.7. The van der Waals surface area contributed by atoms with Gasteiger partial charge in [-0.25, -0.2) is 9.59 Å². The number of carboxylic acids is 2. The molecule has 2 N–H and O–H groups in total. The molecule has 0 spiro atoms. The Bertz CT molecular complexity index is 1860. The number of rotatable bonds is 2. The molecule has 2 unspecified atom stereocenters. The Morgan fingerprint density at radius 3 is 1.77 bits per heavy atom. The highest BCUT2D eigenvalue weighted by Gasteiger charge is 2.35. The predicted molar refractivity (Wildman–Crippen MR) is 150 cm³/mol. The van der Waals surface area contributed by atoms with E-state index in [1.165, 1.54) is 12.2 Å². The van der Waals surface area contributed by atoms with Crippen molar-refractivity contribution in [3.8, 4) is 0 Å². The highest BCUT2D eigenvalue weighted by Crippen LogP contribution is 2.46. The van der Waals surface area contributed by atoms with Crippen LogP contribution < -0.4 is 0 Å². The summed E-state index contributed by atoms with van der Waals surface area (Å²) in [5, 5.41) is 24.5. The van der Waals surface area contributed by atoms with E-state index >= 15 is 0 Å². The van der Waals surface area contributed by atoms with Gasteiger partial charge in [-0.05, 0) is 30.7 Å². The van der Waals surface area contributed by atoms with Crippen LogP contribution in [0.15, 0.2) is 58.6 Å². The topological polar surface area (TPSA) is 119 Å². The first-order valence-corrected chi connectivity index (χ1v) is 14.3. The van der Waals surface area contributed by atoms with Crippen LogP contribution in [-0.2, 0) is 9.59 Å². The van der Waals surface area contributed by atoms with Crippen LogP contribution in [0.25, 0.3) is 33.7 Å². The van der Waals surface area contributed by atoms with Gasteiger partial charge in [0.25, 0.3) is 0 Å². The Labute approximate surface area is 230 Å². The van der Waals surface area contributed by atoms with E-state index in [4.69, 9.17) is 0 Å². The lowest BCUT2D eigenvalue weighted by Crippen LogP contribution is -2.24. The fraction of sp³-hybridized carbons (Fsp3) is 0.172. The molecule has 2 atom stereocenters. The molecule has 2 aliphatic carbocycles. The highest BCUT2D eigenvalue weighted by atomic mass is 32.2. The number of hydrogen-bond donors (Lipinski definition) is 2. The molecule has 0 bridgehead atoms. The number of benzene rings is 2. The van der Waals surface area contributed by atoms with E-state index in [2.05, 4.69) is 0 Å². The largest absolute Gasteiger partial charge is 0.480 e.